The highest BCUT2D eigenvalue weighted by molar-refractivity contribution is 7.11. The number of rotatable bonds is 8. The Kier molecular flexibility index (Phi) is 6.88. The Morgan fingerprint density at radius 1 is 0.939 bits per heavy atom. The van der Waals surface area contributed by atoms with Gasteiger partial charge in [0.25, 0.3) is 0 Å². The number of methoxy groups -OCH3 is 2. The lowest BCUT2D eigenvalue weighted by Gasteiger charge is -2.08. The van der Waals surface area contributed by atoms with Gasteiger partial charge in [-0.15, -0.1) is 11.3 Å². The highest BCUT2D eigenvalue weighted by atomic mass is 32.1. The van der Waals surface area contributed by atoms with E-state index in [-0.39, 0.29) is 0 Å². The summed E-state index contributed by atoms with van der Waals surface area (Å²) < 4.78 is 16.5. The summed E-state index contributed by atoms with van der Waals surface area (Å²) >= 11 is 1.41. The van der Waals surface area contributed by atoms with Crippen LogP contribution in [0.4, 0.5) is 5.69 Å². The summed E-state index contributed by atoms with van der Waals surface area (Å²) in [5.74, 6) is 2.79. The summed E-state index contributed by atoms with van der Waals surface area (Å²) in [7, 11) is 3.19. The predicted molar refractivity (Wildman–Crippen MR) is 131 cm³/mol. The second-order valence-electron chi connectivity index (χ2n) is 6.86. The zero-order chi connectivity index (χ0) is 23.0. The van der Waals surface area contributed by atoms with E-state index < -0.39 is 0 Å². The van der Waals surface area contributed by atoms with Crippen LogP contribution in [0, 0.1) is 11.3 Å². The number of nitrogens with zero attached hydrogens (tertiary/aromatic N) is 2. The summed E-state index contributed by atoms with van der Waals surface area (Å²) in [6.45, 7) is 0. The Balaban J connectivity index is 1.46. The van der Waals surface area contributed by atoms with Gasteiger partial charge in [0.1, 0.15) is 28.1 Å². The van der Waals surface area contributed by atoms with Gasteiger partial charge in [-0.05, 0) is 54.6 Å². The van der Waals surface area contributed by atoms with Crippen molar-refractivity contribution in [3.63, 3.8) is 0 Å². The van der Waals surface area contributed by atoms with E-state index in [1.807, 2.05) is 78.2 Å². The lowest BCUT2D eigenvalue weighted by atomic mass is 10.1. The number of allylic oxidation sites excluding steroid dienone is 1. The largest absolute Gasteiger partial charge is 0.493 e. The Hall–Kier alpha value is -4.28. The van der Waals surface area contributed by atoms with Gasteiger partial charge in [-0.1, -0.05) is 18.2 Å². The van der Waals surface area contributed by atoms with Crippen molar-refractivity contribution in [2.75, 3.05) is 19.5 Å². The normalized spacial score (nSPS) is 10.9. The van der Waals surface area contributed by atoms with Gasteiger partial charge in [0.2, 0.25) is 0 Å². The predicted octanol–water partition coefficient (Wildman–Crippen LogP) is 6.60. The molecule has 33 heavy (non-hydrogen) atoms. The molecule has 0 aliphatic heterocycles. The average molecular weight is 456 g/mol. The average Bonchev–Trinajstić information content (AvgIpc) is 3.36. The van der Waals surface area contributed by atoms with E-state index in [0.29, 0.717) is 22.1 Å². The Morgan fingerprint density at radius 3 is 2.36 bits per heavy atom. The summed E-state index contributed by atoms with van der Waals surface area (Å²) in [6.07, 6.45) is 1.66. The van der Waals surface area contributed by atoms with E-state index >= 15 is 0 Å². The SMILES string of the molecule is COc1ccc(-c2csc(C(C#N)=CNc3ccc(Oc4ccccc4)cc3)n2)cc1OC. The van der Waals surface area contributed by atoms with Crippen LogP contribution in [0.3, 0.4) is 0 Å². The van der Waals surface area contributed by atoms with Crippen LogP contribution in [0.5, 0.6) is 23.0 Å². The Morgan fingerprint density at radius 2 is 1.67 bits per heavy atom. The van der Waals surface area contributed by atoms with Gasteiger partial charge in [0.15, 0.2) is 11.5 Å². The molecule has 3 aromatic carbocycles. The first kappa shape index (κ1) is 21.9. The summed E-state index contributed by atoms with van der Waals surface area (Å²) in [4.78, 5) is 4.63. The van der Waals surface area contributed by atoms with Crippen molar-refractivity contribution in [3.05, 3.63) is 89.4 Å². The second kappa shape index (κ2) is 10.4. The number of aromatic nitrogens is 1. The minimum absolute atomic E-state index is 0.441. The zero-order valence-electron chi connectivity index (χ0n) is 18.1. The van der Waals surface area contributed by atoms with E-state index in [1.165, 1.54) is 11.3 Å². The molecule has 0 saturated carbocycles. The van der Waals surface area contributed by atoms with Crippen LogP contribution in [0.15, 0.2) is 84.4 Å². The van der Waals surface area contributed by atoms with Crippen molar-refractivity contribution in [2.24, 2.45) is 0 Å². The van der Waals surface area contributed by atoms with Gasteiger partial charge in [-0.3, -0.25) is 0 Å². The molecule has 0 amide bonds. The molecule has 0 aliphatic rings. The topological polar surface area (TPSA) is 76.4 Å². The van der Waals surface area contributed by atoms with E-state index in [1.54, 1.807) is 20.4 Å². The maximum absolute atomic E-state index is 9.65. The number of nitrogens with one attached hydrogen (secondary N) is 1. The van der Waals surface area contributed by atoms with E-state index in [0.717, 1.165) is 28.4 Å². The molecule has 0 saturated heterocycles. The molecule has 7 heteroatoms. The molecule has 0 radical (unpaired) electrons. The van der Waals surface area contributed by atoms with Crippen molar-refractivity contribution < 1.29 is 14.2 Å². The summed E-state index contributed by atoms with van der Waals surface area (Å²) in [5, 5.41) is 15.3. The van der Waals surface area contributed by atoms with Crippen molar-refractivity contribution in [1.29, 1.82) is 5.26 Å². The number of anilines is 1. The molecular weight excluding hydrogens is 434 g/mol. The molecule has 0 atom stereocenters. The third-order valence-electron chi connectivity index (χ3n) is 4.75. The number of thiazole rings is 1. The molecule has 0 unspecified atom stereocenters. The molecule has 0 aliphatic carbocycles. The van der Waals surface area contributed by atoms with Crippen molar-refractivity contribution in [3.8, 4) is 40.3 Å². The first-order valence-corrected chi connectivity index (χ1v) is 11.0. The standard InChI is InChI=1S/C26H21N3O3S/c1-30-24-13-8-18(14-25(24)31-2)23-17-33-26(29-23)19(15-27)16-28-20-9-11-22(12-10-20)32-21-6-4-3-5-7-21/h3-14,16-17,28H,1-2H3. The third-order valence-corrected chi connectivity index (χ3v) is 5.63. The van der Waals surface area contributed by atoms with Gasteiger partial charge in [0, 0.05) is 22.8 Å². The van der Waals surface area contributed by atoms with Gasteiger partial charge in [-0.2, -0.15) is 5.26 Å². The molecule has 1 aromatic heterocycles. The fraction of sp³-hybridized carbons (Fsp3) is 0.0769. The molecule has 0 bridgehead atoms. The number of benzene rings is 3. The molecule has 1 N–H and O–H groups in total. The van der Waals surface area contributed by atoms with Crippen LogP contribution in [-0.2, 0) is 0 Å². The molecule has 6 nitrogen and oxygen atoms in total. The van der Waals surface area contributed by atoms with Gasteiger partial charge < -0.3 is 19.5 Å². The monoisotopic (exact) mass is 455 g/mol. The summed E-state index contributed by atoms with van der Waals surface area (Å²) in [6, 6.07) is 24.9. The number of nitriles is 1. The number of ether oxygens (including phenoxy) is 3. The molecule has 4 rings (SSSR count). The van der Waals surface area contributed by atoms with Crippen LogP contribution in [0.2, 0.25) is 0 Å². The number of hydrogen-bond donors (Lipinski definition) is 1. The third kappa shape index (κ3) is 5.32. The first-order valence-electron chi connectivity index (χ1n) is 10.1. The maximum Gasteiger partial charge on any atom is 0.161 e. The van der Waals surface area contributed by atoms with E-state index in [2.05, 4.69) is 16.4 Å². The van der Waals surface area contributed by atoms with Crippen LogP contribution in [0.1, 0.15) is 5.01 Å². The zero-order valence-corrected chi connectivity index (χ0v) is 18.9. The van der Waals surface area contributed by atoms with E-state index in [9.17, 15) is 5.26 Å². The highest BCUT2D eigenvalue weighted by Crippen LogP contribution is 2.33. The first-order chi connectivity index (χ1) is 16.2. The minimum Gasteiger partial charge on any atom is -0.493 e. The number of hydrogen-bond acceptors (Lipinski definition) is 7. The molecule has 164 valence electrons. The Labute approximate surface area is 196 Å². The maximum atomic E-state index is 9.65. The van der Waals surface area contributed by atoms with Crippen LogP contribution >= 0.6 is 11.3 Å². The lowest BCUT2D eigenvalue weighted by Crippen LogP contribution is -1.92. The molecular formula is C26H21N3O3S. The molecule has 0 spiro atoms. The van der Waals surface area contributed by atoms with Crippen LogP contribution in [-0.4, -0.2) is 19.2 Å². The van der Waals surface area contributed by atoms with Gasteiger partial charge >= 0.3 is 0 Å². The van der Waals surface area contributed by atoms with Crippen LogP contribution < -0.4 is 19.5 Å². The fourth-order valence-electron chi connectivity index (χ4n) is 3.07. The quantitative estimate of drug-likeness (QED) is 0.302. The minimum atomic E-state index is 0.441. The van der Waals surface area contributed by atoms with Crippen LogP contribution in [0.25, 0.3) is 16.8 Å². The van der Waals surface area contributed by atoms with Crippen molar-refractivity contribution in [1.82, 2.24) is 4.98 Å². The van der Waals surface area contributed by atoms with Crippen molar-refractivity contribution >= 4 is 22.6 Å². The molecule has 4 aromatic rings. The fourth-order valence-corrected chi connectivity index (χ4v) is 3.86. The molecule has 0 fully saturated rings. The lowest BCUT2D eigenvalue weighted by molar-refractivity contribution is 0.355. The smallest absolute Gasteiger partial charge is 0.161 e. The second-order valence-corrected chi connectivity index (χ2v) is 7.72. The van der Waals surface area contributed by atoms with E-state index in [4.69, 9.17) is 14.2 Å². The molecule has 1 heterocycles. The van der Waals surface area contributed by atoms with Gasteiger partial charge in [-0.25, -0.2) is 4.98 Å². The highest BCUT2D eigenvalue weighted by Gasteiger charge is 2.12. The number of para-hydroxylation sites is 1. The Bertz CT molecular complexity index is 1290. The van der Waals surface area contributed by atoms with Gasteiger partial charge in [0.05, 0.1) is 19.9 Å². The summed E-state index contributed by atoms with van der Waals surface area (Å²) in [5.41, 5.74) is 2.92. The van der Waals surface area contributed by atoms with Crippen molar-refractivity contribution in [2.45, 2.75) is 0 Å².